The van der Waals surface area contributed by atoms with Gasteiger partial charge in [0.25, 0.3) is 0 Å². The number of β-amino-alcohol motifs (C(OH)–C–C–N with tert-alkyl or cyclic N) is 1. The second kappa shape index (κ2) is 4.62. The zero-order valence-electron chi connectivity index (χ0n) is 9.48. The molecular weight excluding hydrogens is 190 g/mol. The maximum atomic E-state index is 11.2. The molecule has 2 aliphatic rings. The van der Waals surface area contributed by atoms with Crippen molar-refractivity contribution < 1.29 is 9.90 Å². The van der Waals surface area contributed by atoms with Crippen LogP contribution in [0.15, 0.2) is 0 Å². The van der Waals surface area contributed by atoms with Crippen molar-refractivity contribution in [1.82, 2.24) is 4.90 Å². The largest absolute Gasteiger partial charge is 0.392 e. The van der Waals surface area contributed by atoms with Gasteiger partial charge < -0.3 is 5.11 Å². The molecule has 2 rings (SSSR count). The van der Waals surface area contributed by atoms with Gasteiger partial charge in [-0.05, 0) is 25.2 Å². The van der Waals surface area contributed by atoms with Gasteiger partial charge in [0.1, 0.15) is 5.78 Å². The molecule has 1 heterocycles. The van der Waals surface area contributed by atoms with Crippen LogP contribution in [0.1, 0.15) is 39.0 Å². The summed E-state index contributed by atoms with van der Waals surface area (Å²) in [6, 6.07) is 0.542. The molecule has 0 aromatic heterocycles. The van der Waals surface area contributed by atoms with Crippen LogP contribution in [0.2, 0.25) is 0 Å². The summed E-state index contributed by atoms with van der Waals surface area (Å²) >= 11 is 0. The first-order valence-corrected chi connectivity index (χ1v) is 6.09. The van der Waals surface area contributed by atoms with Crippen molar-refractivity contribution in [3.05, 3.63) is 0 Å². The summed E-state index contributed by atoms with van der Waals surface area (Å²) in [5.41, 5.74) is 0. The lowest BCUT2D eigenvalue weighted by atomic mass is 9.89. The molecule has 0 aromatic rings. The summed E-state index contributed by atoms with van der Waals surface area (Å²) in [4.78, 5) is 13.5. The summed E-state index contributed by atoms with van der Waals surface area (Å²) in [6.07, 6.45) is 4.25. The Kier molecular flexibility index (Phi) is 3.42. The number of aliphatic hydroxyl groups excluding tert-OH is 1. The molecule has 0 bridgehead atoms. The normalized spacial score (nSPS) is 35.7. The molecule has 0 amide bonds. The van der Waals surface area contributed by atoms with Crippen molar-refractivity contribution in [2.45, 2.75) is 51.2 Å². The molecule has 1 saturated carbocycles. The third-order valence-corrected chi connectivity index (χ3v) is 3.70. The topological polar surface area (TPSA) is 40.5 Å². The highest BCUT2D eigenvalue weighted by molar-refractivity contribution is 5.79. The Bertz CT molecular complexity index is 222. The Hall–Kier alpha value is -0.410. The van der Waals surface area contributed by atoms with Crippen LogP contribution in [0.3, 0.4) is 0 Å². The maximum absolute atomic E-state index is 11.2. The lowest BCUT2D eigenvalue weighted by Crippen LogP contribution is -2.48. The number of piperidine rings is 1. The van der Waals surface area contributed by atoms with Gasteiger partial charge in [0.15, 0.2) is 0 Å². The SMILES string of the molecule is C[C@@H]1C[C@H](O)CN(C2CCC(=O)CC2)C1. The zero-order chi connectivity index (χ0) is 10.8. The number of likely N-dealkylation sites (tertiary alicyclic amines) is 1. The zero-order valence-corrected chi connectivity index (χ0v) is 9.48. The fourth-order valence-electron chi connectivity index (χ4n) is 2.95. The second-order valence-corrected chi connectivity index (χ2v) is 5.22. The predicted octanol–water partition coefficient (Wildman–Crippen LogP) is 1.20. The molecule has 0 spiro atoms. The van der Waals surface area contributed by atoms with E-state index in [0.717, 1.165) is 45.2 Å². The second-order valence-electron chi connectivity index (χ2n) is 5.22. The van der Waals surface area contributed by atoms with Gasteiger partial charge in [0.05, 0.1) is 6.10 Å². The molecule has 2 atom stereocenters. The first kappa shape index (κ1) is 11.1. The molecule has 3 heteroatoms. The van der Waals surface area contributed by atoms with Crippen molar-refractivity contribution in [3.63, 3.8) is 0 Å². The summed E-state index contributed by atoms with van der Waals surface area (Å²) < 4.78 is 0. The standard InChI is InChI=1S/C12H21NO2/c1-9-6-12(15)8-13(7-9)10-2-4-11(14)5-3-10/h9-10,12,15H,2-8H2,1H3/t9-,12+/m1/s1. The minimum Gasteiger partial charge on any atom is -0.392 e. The van der Waals surface area contributed by atoms with Crippen LogP contribution in [0.5, 0.6) is 0 Å². The number of hydrogen-bond donors (Lipinski definition) is 1. The van der Waals surface area contributed by atoms with Gasteiger partial charge in [-0.25, -0.2) is 0 Å². The van der Waals surface area contributed by atoms with Gasteiger partial charge in [-0.3, -0.25) is 9.69 Å². The minimum absolute atomic E-state index is 0.161. The van der Waals surface area contributed by atoms with Gasteiger partial charge >= 0.3 is 0 Å². The molecular formula is C12H21NO2. The highest BCUT2D eigenvalue weighted by atomic mass is 16.3. The monoisotopic (exact) mass is 211 g/mol. The van der Waals surface area contributed by atoms with E-state index in [1.807, 2.05) is 0 Å². The van der Waals surface area contributed by atoms with Crippen molar-refractivity contribution in [2.75, 3.05) is 13.1 Å². The van der Waals surface area contributed by atoms with Crippen LogP contribution in [-0.4, -0.2) is 41.0 Å². The smallest absolute Gasteiger partial charge is 0.133 e. The Morgan fingerprint density at radius 1 is 1.27 bits per heavy atom. The van der Waals surface area contributed by atoms with Gasteiger partial charge in [0, 0.05) is 32.0 Å². The third kappa shape index (κ3) is 2.79. The number of hydrogen-bond acceptors (Lipinski definition) is 3. The number of rotatable bonds is 1. The Morgan fingerprint density at radius 3 is 2.53 bits per heavy atom. The number of nitrogens with zero attached hydrogens (tertiary/aromatic N) is 1. The highest BCUT2D eigenvalue weighted by Crippen LogP contribution is 2.25. The minimum atomic E-state index is -0.161. The number of carbonyl (C=O) groups is 1. The highest BCUT2D eigenvalue weighted by Gasteiger charge is 2.30. The number of aliphatic hydroxyl groups is 1. The predicted molar refractivity (Wildman–Crippen MR) is 58.6 cm³/mol. The number of ketones is 1. The lowest BCUT2D eigenvalue weighted by molar-refractivity contribution is -0.121. The van der Waals surface area contributed by atoms with E-state index < -0.39 is 0 Å². The molecule has 1 aliphatic carbocycles. The van der Waals surface area contributed by atoms with Crippen molar-refractivity contribution >= 4 is 5.78 Å². The van der Waals surface area contributed by atoms with Crippen LogP contribution >= 0.6 is 0 Å². The van der Waals surface area contributed by atoms with E-state index in [1.54, 1.807) is 0 Å². The fraction of sp³-hybridized carbons (Fsp3) is 0.917. The van der Waals surface area contributed by atoms with Crippen LogP contribution < -0.4 is 0 Å². The number of carbonyl (C=O) groups excluding carboxylic acids is 1. The molecule has 1 aliphatic heterocycles. The molecule has 0 aromatic carbocycles. The fourth-order valence-corrected chi connectivity index (χ4v) is 2.95. The van der Waals surface area contributed by atoms with E-state index in [-0.39, 0.29) is 6.10 Å². The summed E-state index contributed by atoms with van der Waals surface area (Å²) in [5.74, 6) is 1.00. The van der Waals surface area contributed by atoms with Crippen molar-refractivity contribution in [2.24, 2.45) is 5.92 Å². The molecule has 3 nitrogen and oxygen atoms in total. The van der Waals surface area contributed by atoms with Gasteiger partial charge in [-0.1, -0.05) is 6.92 Å². The van der Waals surface area contributed by atoms with Crippen LogP contribution in [0.4, 0.5) is 0 Å². The molecule has 86 valence electrons. The van der Waals surface area contributed by atoms with Crippen molar-refractivity contribution in [3.8, 4) is 0 Å². The maximum Gasteiger partial charge on any atom is 0.133 e. The Balaban J connectivity index is 1.89. The van der Waals surface area contributed by atoms with Crippen LogP contribution in [0.25, 0.3) is 0 Å². The molecule has 1 saturated heterocycles. The van der Waals surface area contributed by atoms with E-state index >= 15 is 0 Å². The average Bonchev–Trinajstić information content (AvgIpc) is 2.17. The summed E-state index contributed by atoms with van der Waals surface area (Å²) in [7, 11) is 0. The van der Waals surface area contributed by atoms with E-state index in [9.17, 15) is 9.90 Å². The van der Waals surface area contributed by atoms with Crippen LogP contribution in [-0.2, 0) is 4.79 Å². The molecule has 2 fully saturated rings. The quantitative estimate of drug-likeness (QED) is 0.708. The molecule has 0 radical (unpaired) electrons. The number of Topliss-reactive ketones (excluding diaryl/α,β-unsaturated/α-hetero) is 1. The Labute approximate surface area is 91.5 Å². The average molecular weight is 211 g/mol. The van der Waals surface area contributed by atoms with E-state index in [2.05, 4.69) is 11.8 Å². The first-order chi connectivity index (χ1) is 7.15. The Morgan fingerprint density at radius 2 is 1.93 bits per heavy atom. The van der Waals surface area contributed by atoms with E-state index in [1.165, 1.54) is 0 Å². The third-order valence-electron chi connectivity index (χ3n) is 3.70. The molecule has 15 heavy (non-hydrogen) atoms. The molecule has 0 unspecified atom stereocenters. The van der Waals surface area contributed by atoms with Gasteiger partial charge in [-0.2, -0.15) is 0 Å². The lowest BCUT2D eigenvalue weighted by Gasteiger charge is -2.40. The van der Waals surface area contributed by atoms with Crippen molar-refractivity contribution in [1.29, 1.82) is 0 Å². The van der Waals surface area contributed by atoms with Gasteiger partial charge in [0.2, 0.25) is 0 Å². The van der Waals surface area contributed by atoms with E-state index in [0.29, 0.717) is 17.7 Å². The summed E-state index contributed by atoms with van der Waals surface area (Å²) in [6.45, 7) is 4.10. The summed E-state index contributed by atoms with van der Waals surface area (Å²) in [5, 5.41) is 9.72. The molecule has 1 N–H and O–H groups in total. The van der Waals surface area contributed by atoms with Crippen LogP contribution in [0, 0.1) is 5.92 Å². The first-order valence-electron chi connectivity index (χ1n) is 6.09. The van der Waals surface area contributed by atoms with Gasteiger partial charge in [-0.15, -0.1) is 0 Å². The van der Waals surface area contributed by atoms with E-state index in [4.69, 9.17) is 0 Å².